The second-order valence-corrected chi connectivity index (χ2v) is 8.42. The minimum atomic E-state index is -0.972. The molecule has 0 atom stereocenters. The van der Waals surface area contributed by atoms with Crippen molar-refractivity contribution in [3.8, 4) is 22.8 Å². The van der Waals surface area contributed by atoms with Gasteiger partial charge < -0.3 is 9.84 Å². The van der Waals surface area contributed by atoms with Gasteiger partial charge in [0.25, 0.3) is 0 Å². The first kappa shape index (κ1) is 23.2. The van der Waals surface area contributed by atoms with Crippen LogP contribution in [0.1, 0.15) is 25.1 Å². The van der Waals surface area contributed by atoms with Crippen LogP contribution in [0.15, 0.2) is 71.9 Å². The first-order valence-corrected chi connectivity index (χ1v) is 10.5. The van der Waals surface area contributed by atoms with Crippen molar-refractivity contribution < 1.29 is 18.6 Å². The zero-order chi connectivity index (χ0) is 24.3. The number of nitrogens with zero attached hydrogens (tertiary/aromatic N) is 4. The van der Waals surface area contributed by atoms with Gasteiger partial charge in [0.2, 0.25) is 5.43 Å². The molecule has 1 N–H and O–H groups in total. The minimum absolute atomic E-state index is 0.106. The molecule has 0 fully saturated rings. The Morgan fingerprint density at radius 2 is 1.74 bits per heavy atom. The van der Waals surface area contributed by atoms with Crippen molar-refractivity contribution in [3.05, 3.63) is 100 Å². The summed E-state index contributed by atoms with van der Waals surface area (Å²) in [6.45, 7) is 3.39. The predicted octanol–water partition coefficient (Wildman–Crippen LogP) is 3.71. The van der Waals surface area contributed by atoms with Gasteiger partial charge in [0.1, 0.15) is 23.9 Å². The van der Waals surface area contributed by atoms with E-state index in [0.29, 0.717) is 11.6 Å². The van der Waals surface area contributed by atoms with E-state index in [9.17, 15) is 18.7 Å². The van der Waals surface area contributed by atoms with Crippen LogP contribution in [0.2, 0.25) is 0 Å². The fourth-order valence-electron chi connectivity index (χ4n) is 3.20. The third-order valence-electron chi connectivity index (χ3n) is 4.77. The van der Waals surface area contributed by atoms with Crippen LogP contribution in [0.25, 0.3) is 17.1 Å². The summed E-state index contributed by atoms with van der Waals surface area (Å²) in [5.41, 5.74) is 0.655. The number of hydrogen-bond donors (Lipinski definition) is 1. The average molecular weight is 464 g/mol. The molecule has 0 saturated carbocycles. The number of ether oxygens (including phenoxy) is 1. The molecule has 34 heavy (non-hydrogen) atoms. The Morgan fingerprint density at radius 3 is 2.41 bits per heavy atom. The minimum Gasteiger partial charge on any atom is -0.487 e. The van der Waals surface area contributed by atoms with Gasteiger partial charge >= 0.3 is 0 Å². The maximum Gasteiger partial charge on any atom is 0.203 e. The molecule has 2 aromatic carbocycles. The van der Waals surface area contributed by atoms with Crippen molar-refractivity contribution in [1.82, 2.24) is 19.7 Å². The average Bonchev–Trinajstić information content (AvgIpc) is 2.78. The summed E-state index contributed by atoms with van der Waals surface area (Å²) in [5.74, 6) is -0.571. The van der Waals surface area contributed by atoms with Crippen LogP contribution in [0.5, 0.6) is 5.75 Å². The topological polar surface area (TPSA) is 90.1 Å². The smallest absolute Gasteiger partial charge is 0.203 e. The fourth-order valence-corrected chi connectivity index (χ4v) is 3.20. The Balaban J connectivity index is 1.55. The summed E-state index contributed by atoms with van der Waals surface area (Å²) in [6.07, 6.45) is 4.62. The Hall–Kier alpha value is -3.98. The lowest BCUT2D eigenvalue weighted by Crippen LogP contribution is -2.27. The van der Waals surface area contributed by atoms with E-state index in [-0.39, 0.29) is 29.8 Å². The number of halogens is 2. The lowest BCUT2D eigenvalue weighted by Gasteiger charge is -2.17. The zero-order valence-electron chi connectivity index (χ0n) is 18.6. The molecule has 4 aromatic rings. The monoisotopic (exact) mass is 464 g/mol. The van der Waals surface area contributed by atoms with Crippen molar-refractivity contribution in [1.29, 1.82) is 0 Å². The summed E-state index contributed by atoms with van der Waals surface area (Å²) in [4.78, 5) is 21.0. The quantitative estimate of drug-likeness (QED) is 0.449. The highest BCUT2D eigenvalue weighted by atomic mass is 19.1. The van der Waals surface area contributed by atoms with Crippen molar-refractivity contribution in [2.24, 2.45) is 0 Å². The van der Waals surface area contributed by atoms with Gasteiger partial charge in [-0.05, 0) is 37.6 Å². The molecule has 9 heteroatoms. The van der Waals surface area contributed by atoms with Crippen LogP contribution in [0.3, 0.4) is 0 Å². The number of aliphatic hydroxyl groups is 1. The molecular formula is C25H22F2N4O3. The van der Waals surface area contributed by atoms with E-state index in [1.807, 2.05) is 24.3 Å². The van der Waals surface area contributed by atoms with Gasteiger partial charge in [0, 0.05) is 30.3 Å². The van der Waals surface area contributed by atoms with E-state index in [1.54, 1.807) is 13.8 Å². The maximum atomic E-state index is 13.6. The van der Waals surface area contributed by atoms with Gasteiger partial charge in [-0.15, -0.1) is 0 Å². The number of benzene rings is 2. The fraction of sp³-hybridized carbons (Fsp3) is 0.200. The molecule has 4 rings (SSSR count). The number of hydrogen-bond acceptors (Lipinski definition) is 6. The first-order chi connectivity index (χ1) is 16.2. The molecule has 7 nitrogen and oxygen atoms in total. The molecule has 0 saturated heterocycles. The van der Waals surface area contributed by atoms with E-state index >= 15 is 0 Å². The summed E-state index contributed by atoms with van der Waals surface area (Å²) < 4.78 is 33.9. The van der Waals surface area contributed by atoms with Crippen molar-refractivity contribution >= 4 is 0 Å². The Labute approximate surface area is 194 Å². The van der Waals surface area contributed by atoms with Gasteiger partial charge in [-0.25, -0.2) is 23.4 Å². The van der Waals surface area contributed by atoms with E-state index in [1.165, 1.54) is 29.3 Å². The second kappa shape index (κ2) is 9.48. The predicted molar refractivity (Wildman–Crippen MR) is 122 cm³/mol. The van der Waals surface area contributed by atoms with Crippen LogP contribution in [-0.2, 0) is 6.42 Å². The SMILES string of the molecule is CC(C)(O)COc1cnc(-c2cccc(Cc3nn(-c4cc(F)cc(F)c4)ccc3=O)c2)nc1. The lowest BCUT2D eigenvalue weighted by atomic mass is 10.1. The second-order valence-electron chi connectivity index (χ2n) is 8.42. The molecular weight excluding hydrogens is 442 g/mol. The summed E-state index contributed by atoms with van der Waals surface area (Å²) in [7, 11) is 0. The Kier molecular flexibility index (Phi) is 6.47. The highest BCUT2D eigenvalue weighted by Crippen LogP contribution is 2.20. The molecule has 0 amide bonds. The maximum absolute atomic E-state index is 13.6. The first-order valence-electron chi connectivity index (χ1n) is 10.5. The highest BCUT2D eigenvalue weighted by Gasteiger charge is 2.14. The molecule has 0 spiro atoms. The molecule has 0 aliphatic rings. The molecule has 0 bridgehead atoms. The summed E-state index contributed by atoms with van der Waals surface area (Å²) in [5, 5.41) is 14.0. The Morgan fingerprint density at radius 1 is 1.03 bits per heavy atom. The molecule has 0 aliphatic carbocycles. The molecule has 0 aliphatic heterocycles. The van der Waals surface area contributed by atoms with E-state index in [4.69, 9.17) is 4.74 Å². The molecule has 2 aromatic heterocycles. The number of aromatic nitrogens is 4. The van der Waals surface area contributed by atoms with Gasteiger partial charge in [0.15, 0.2) is 11.6 Å². The lowest BCUT2D eigenvalue weighted by molar-refractivity contribution is 0.0282. The molecule has 0 unspecified atom stereocenters. The molecule has 2 heterocycles. The number of rotatable bonds is 7. The highest BCUT2D eigenvalue weighted by molar-refractivity contribution is 5.56. The Bertz CT molecular complexity index is 1350. The van der Waals surface area contributed by atoms with Crippen molar-refractivity contribution in [3.63, 3.8) is 0 Å². The van der Waals surface area contributed by atoms with Crippen molar-refractivity contribution in [2.75, 3.05) is 6.61 Å². The normalized spacial score (nSPS) is 11.4. The van der Waals surface area contributed by atoms with Gasteiger partial charge in [-0.1, -0.05) is 18.2 Å². The summed E-state index contributed by atoms with van der Waals surface area (Å²) >= 11 is 0. The third-order valence-corrected chi connectivity index (χ3v) is 4.77. The van der Waals surface area contributed by atoms with E-state index in [0.717, 1.165) is 29.3 Å². The van der Waals surface area contributed by atoms with Crippen molar-refractivity contribution in [2.45, 2.75) is 25.9 Å². The van der Waals surface area contributed by atoms with Crippen LogP contribution in [-0.4, -0.2) is 37.1 Å². The zero-order valence-corrected chi connectivity index (χ0v) is 18.6. The summed E-state index contributed by atoms with van der Waals surface area (Å²) in [6, 6.07) is 11.7. The van der Waals surface area contributed by atoms with Crippen LogP contribution < -0.4 is 10.2 Å². The van der Waals surface area contributed by atoms with Crippen LogP contribution >= 0.6 is 0 Å². The standard InChI is InChI=1S/C25H22F2N4O3/c1-25(2,33)15-34-21-13-28-24(29-14-21)17-5-3-4-16(8-17)9-22-23(32)6-7-31(30-22)20-11-18(26)10-19(27)12-20/h3-8,10-14,33H,9,15H2,1-2H3. The van der Waals surface area contributed by atoms with E-state index in [2.05, 4.69) is 15.1 Å². The van der Waals surface area contributed by atoms with Gasteiger partial charge in [0.05, 0.1) is 23.7 Å². The molecule has 0 radical (unpaired) electrons. The largest absolute Gasteiger partial charge is 0.487 e. The molecule has 174 valence electrons. The van der Waals surface area contributed by atoms with E-state index < -0.39 is 17.2 Å². The third kappa shape index (κ3) is 5.87. The van der Waals surface area contributed by atoms with Gasteiger partial charge in [-0.2, -0.15) is 5.10 Å². The van der Waals surface area contributed by atoms with Crippen LogP contribution in [0, 0.1) is 11.6 Å². The van der Waals surface area contributed by atoms with Gasteiger partial charge in [-0.3, -0.25) is 4.79 Å². The van der Waals surface area contributed by atoms with Crippen LogP contribution in [0.4, 0.5) is 8.78 Å².